The fourth-order valence-corrected chi connectivity index (χ4v) is 2.48. The zero-order valence-corrected chi connectivity index (χ0v) is 12.1. The number of nitrogens with two attached hydrogens (primary N) is 1. The zero-order chi connectivity index (χ0) is 14.7. The van der Waals surface area contributed by atoms with Crippen molar-refractivity contribution < 1.29 is 4.74 Å². The van der Waals surface area contributed by atoms with Crippen molar-refractivity contribution in [2.24, 2.45) is 5.73 Å². The molecule has 0 saturated carbocycles. The molecule has 0 aliphatic carbocycles. The van der Waals surface area contributed by atoms with Crippen molar-refractivity contribution in [3.63, 3.8) is 0 Å². The van der Waals surface area contributed by atoms with Crippen molar-refractivity contribution in [1.82, 2.24) is 0 Å². The van der Waals surface area contributed by atoms with Gasteiger partial charge in [-0.2, -0.15) is 0 Å². The third-order valence-electron chi connectivity index (χ3n) is 3.46. The molecule has 0 bridgehead atoms. The number of ether oxygens (including phenoxy) is 1. The fourth-order valence-electron chi connectivity index (χ4n) is 2.48. The maximum atomic E-state index is 6.02. The van der Waals surface area contributed by atoms with Gasteiger partial charge in [0.05, 0.1) is 0 Å². The van der Waals surface area contributed by atoms with Crippen LogP contribution >= 0.6 is 0 Å². The minimum absolute atomic E-state index is 0. The molecule has 0 radical (unpaired) electrons. The van der Waals surface area contributed by atoms with Gasteiger partial charge in [-0.25, -0.2) is 0 Å². The molecule has 0 aliphatic heterocycles. The molecule has 0 amide bonds. The third kappa shape index (κ3) is 4.41. The third-order valence-corrected chi connectivity index (χ3v) is 3.46. The van der Waals surface area contributed by atoms with E-state index in [1.807, 2.05) is 43.3 Å². The van der Waals surface area contributed by atoms with Gasteiger partial charge in [-0.05, 0) is 42.5 Å². The van der Waals surface area contributed by atoms with Crippen LogP contribution in [0, 0.1) is 0 Å². The summed E-state index contributed by atoms with van der Waals surface area (Å²) in [5, 5.41) is 2.31. The van der Waals surface area contributed by atoms with E-state index in [9.17, 15) is 0 Å². The molecule has 1 atom stereocenters. The Kier molecular flexibility index (Phi) is 6.62. The van der Waals surface area contributed by atoms with Gasteiger partial charge in [0.25, 0.3) is 0 Å². The Morgan fingerprint density at radius 3 is 2.32 bits per heavy atom. The molecule has 108 valence electrons. The molecule has 3 aromatic carbocycles. The first kappa shape index (κ1) is 17.7. The molecule has 2 nitrogen and oxygen atoms in total. The number of fused-ring (bicyclic) bond motifs is 1. The Bertz CT molecular complexity index is 733. The van der Waals surface area contributed by atoms with Crippen LogP contribution < -0.4 is 10.5 Å². The van der Waals surface area contributed by atoms with Crippen LogP contribution in [0.3, 0.4) is 0 Å². The van der Waals surface area contributed by atoms with Crippen LogP contribution in [0.15, 0.2) is 66.7 Å². The molecule has 0 aliphatic rings. The summed E-state index contributed by atoms with van der Waals surface area (Å²) < 4.78 is 6.02. The van der Waals surface area contributed by atoms with Crippen LogP contribution in [0.4, 0.5) is 0 Å². The van der Waals surface area contributed by atoms with Crippen LogP contribution in [-0.2, 0) is 6.42 Å². The molecule has 0 spiro atoms. The molecule has 0 heterocycles. The Hall–Kier alpha value is -0.684. The van der Waals surface area contributed by atoms with E-state index in [0.29, 0.717) is 0 Å². The van der Waals surface area contributed by atoms with Crippen LogP contribution in [0.25, 0.3) is 10.8 Å². The molecule has 2 N–H and O–H groups in total. The van der Waals surface area contributed by atoms with Gasteiger partial charge in [-0.3, -0.25) is 0 Å². The average molecular weight is 317 g/mol. The summed E-state index contributed by atoms with van der Waals surface area (Å²) in [5.41, 5.74) is 7.05. The number of benzene rings is 3. The molecule has 0 fully saturated rings. The van der Waals surface area contributed by atoms with Gasteiger partial charge in [0, 0.05) is 11.4 Å². The van der Waals surface area contributed by atoms with Crippen molar-refractivity contribution in [1.29, 1.82) is 0 Å². The van der Waals surface area contributed by atoms with Crippen molar-refractivity contribution in [2.45, 2.75) is 19.4 Å². The number of hydrogen-bond donors (Lipinski definition) is 1. The molecule has 0 aromatic heterocycles. The Labute approximate surface area is 174 Å². The standard InChI is InChI=1S/C19H19NO.K.H/c1-14(20)13-15-9-11-17(12-10-15)21-19-8-4-6-16-5-2-3-7-18(16)19;;/h2-12,14H,13,20H2,1H3;;. The van der Waals surface area contributed by atoms with E-state index >= 15 is 0 Å². The first-order valence-electron chi connectivity index (χ1n) is 7.22. The molecule has 0 saturated heterocycles. The summed E-state index contributed by atoms with van der Waals surface area (Å²) in [7, 11) is 0. The van der Waals surface area contributed by atoms with Gasteiger partial charge in [0.1, 0.15) is 11.5 Å². The summed E-state index contributed by atoms with van der Waals surface area (Å²) in [6.45, 7) is 2.01. The van der Waals surface area contributed by atoms with E-state index in [0.717, 1.165) is 23.3 Å². The molecular formula is C19H20KNO. The SMILES string of the molecule is CC(N)Cc1ccc(Oc2cccc3ccccc23)cc1.[KH]. The van der Waals surface area contributed by atoms with Gasteiger partial charge in [-0.15, -0.1) is 0 Å². The van der Waals surface area contributed by atoms with E-state index in [4.69, 9.17) is 10.5 Å². The second-order valence-electron chi connectivity index (χ2n) is 5.40. The molecule has 3 rings (SSSR count). The second kappa shape index (κ2) is 8.25. The van der Waals surface area contributed by atoms with Gasteiger partial charge >= 0.3 is 51.4 Å². The van der Waals surface area contributed by atoms with Gasteiger partial charge in [-0.1, -0.05) is 48.5 Å². The van der Waals surface area contributed by atoms with E-state index < -0.39 is 0 Å². The Morgan fingerprint density at radius 1 is 0.909 bits per heavy atom. The quantitative estimate of drug-likeness (QED) is 0.741. The van der Waals surface area contributed by atoms with E-state index in [1.54, 1.807) is 0 Å². The van der Waals surface area contributed by atoms with E-state index in [-0.39, 0.29) is 57.4 Å². The molecule has 3 heteroatoms. The number of hydrogen-bond acceptors (Lipinski definition) is 2. The van der Waals surface area contributed by atoms with Crippen molar-refractivity contribution in [3.05, 3.63) is 72.3 Å². The normalized spacial score (nSPS) is 11.7. The van der Waals surface area contributed by atoms with Crippen LogP contribution in [-0.4, -0.2) is 57.4 Å². The Balaban J connectivity index is 0.00000176. The summed E-state index contributed by atoms with van der Waals surface area (Å²) in [4.78, 5) is 0. The second-order valence-corrected chi connectivity index (χ2v) is 5.40. The zero-order valence-electron chi connectivity index (χ0n) is 12.1. The number of rotatable bonds is 4. The molecule has 1 unspecified atom stereocenters. The summed E-state index contributed by atoms with van der Waals surface area (Å²) in [6.07, 6.45) is 0.883. The summed E-state index contributed by atoms with van der Waals surface area (Å²) in [5.74, 6) is 1.73. The summed E-state index contributed by atoms with van der Waals surface area (Å²) >= 11 is 0. The average Bonchev–Trinajstić information content (AvgIpc) is 2.49. The predicted molar refractivity (Wildman–Crippen MR) is 95.0 cm³/mol. The molecule has 22 heavy (non-hydrogen) atoms. The van der Waals surface area contributed by atoms with E-state index in [1.165, 1.54) is 10.9 Å². The first-order valence-corrected chi connectivity index (χ1v) is 7.22. The minimum atomic E-state index is 0. The monoisotopic (exact) mass is 317 g/mol. The topological polar surface area (TPSA) is 35.2 Å². The van der Waals surface area contributed by atoms with Crippen LogP contribution in [0.1, 0.15) is 12.5 Å². The van der Waals surface area contributed by atoms with Crippen molar-refractivity contribution in [3.8, 4) is 11.5 Å². The van der Waals surface area contributed by atoms with Gasteiger partial charge in [0.15, 0.2) is 0 Å². The first-order chi connectivity index (χ1) is 10.2. The van der Waals surface area contributed by atoms with E-state index in [2.05, 4.69) is 30.3 Å². The fraction of sp³-hybridized carbons (Fsp3) is 0.158. The molecule has 3 aromatic rings. The van der Waals surface area contributed by atoms with Crippen molar-refractivity contribution >= 4 is 62.2 Å². The summed E-state index contributed by atoms with van der Waals surface area (Å²) in [6, 6.07) is 22.7. The Morgan fingerprint density at radius 2 is 1.59 bits per heavy atom. The van der Waals surface area contributed by atoms with Gasteiger partial charge in [0.2, 0.25) is 0 Å². The van der Waals surface area contributed by atoms with Crippen LogP contribution in [0.2, 0.25) is 0 Å². The van der Waals surface area contributed by atoms with Crippen molar-refractivity contribution in [2.75, 3.05) is 0 Å². The molecular weight excluding hydrogens is 297 g/mol. The van der Waals surface area contributed by atoms with Gasteiger partial charge < -0.3 is 10.5 Å². The van der Waals surface area contributed by atoms with Crippen LogP contribution in [0.5, 0.6) is 11.5 Å². The maximum absolute atomic E-state index is 6.02. The predicted octanol–water partition coefficient (Wildman–Crippen LogP) is 3.87.